The van der Waals surface area contributed by atoms with Crippen molar-refractivity contribution in [2.45, 2.75) is 0 Å². The number of amides is 1. The van der Waals surface area contributed by atoms with Gasteiger partial charge in [0.1, 0.15) is 0 Å². The lowest BCUT2D eigenvalue weighted by molar-refractivity contribution is 0.0302. The highest BCUT2D eigenvalue weighted by molar-refractivity contribution is 6.30. The molecule has 0 atom stereocenters. The average Bonchev–Trinajstić information content (AvgIpc) is 3.05. The number of aromatic nitrogens is 3. The normalized spacial score (nSPS) is 15.0. The van der Waals surface area contributed by atoms with Gasteiger partial charge in [-0.25, -0.2) is 0 Å². The molecule has 4 rings (SSSR count). The predicted octanol–water partition coefficient (Wildman–Crippen LogP) is 2.52. The van der Waals surface area contributed by atoms with Gasteiger partial charge in [-0.2, -0.15) is 0 Å². The van der Waals surface area contributed by atoms with Crippen molar-refractivity contribution in [2.75, 3.05) is 26.3 Å². The number of carbonyl (C=O) groups excluding carboxylic acids is 1. The summed E-state index contributed by atoms with van der Waals surface area (Å²) in [5, 5.41) is 9.06. The van der Waals surface area contributed by atoms with Crippen LogP contribution in [0.15, 0.2) is 42.6 Å². The van der Waals surface area contributed by atoms with E-state index in [1.54, 1.807) is 35.4 Å². The largest absolute Gasteiger partial charge is 0.378 e. The molecule has 1 saturated heterocycles. The van der Waals surface area contributed by atoms with Crippen molar-refractivity contribution in [3.63, 3.8) is 0 Å². The highest BCUT2D eigenvalue weighted by Gasteiger charge is 2.19. The number of morpholine rings is 1. The van der Waals surface area contributed by atoms with Crippen LogP contribution in [-0.4, -0.2) is 51.7 Å². The van der Waals surface area contributed by atoms with E-state index in [2.05, 4.69) is 10.2 Å². The van der Waals surface area contributed by atoms with Gasteiger partial charge in [-0.05, 0) is 36.4 Å². The van der Waals surface area contributed by atoms with Gasteiger partial charge >= 0.3 is 0 Å². The molecule has 3 heterocycles. The third kappa shape index (κ3) is 2.74. The number of hydrogen-bond donors (Lipinski definition) is 0. The van der Waals surface area contributed by atoms with Gasteiger partial charge in [0.2, 0.25) is 0 Å². The fourth-order valence-corrected chi connectivity index (χ4v) is 2.89. The minimum absolute atomic E-state index is 0.00374. The number of halogens is 1. The van der Waals surface area contributed by atoms with E-state index in [1.807, 2.05) is 16.5 Å². The van der Waals surface area contributed by atoms with Crippen LogP contribution in [0, 0.1) is 0 Å². The second-order valence-corrected chi connectivity index (χ2v) is 6.02. The molecule has 1 aromatic carbocycles. The molecule has 0 N–H and O–H groups in total. The van der Waals surface area contributed by atoms with Gasteiger partial charge in [0.25, 0.3) is 5.91 Å². The van der Waals surface area contributed by atoms with E-state index >= 15 is 0 Å². The average molecular weight is 343 g/mol. The molecule has 1 aliphatic heterocycles. The van der Waals surface area contributed by atoms with Gasteiger partial charge in [-0.15, -0.1) is 10.2 Å². The molecular formula is C17H15ClN4O2. The summed E-state index contributed by atoms with van der Waals surface area (Å²) in [6.07, 6.45) is 1.79. The first-order valence-corrected chi connectivity index (χ1v) is 8.08. The third-order valence-corrected chi connectivity index (χ3v) is 4.30. The molecule has 1 amide bonds. The van der Waals surface area contributed by atoms with Crippen molar-refractivity contribution >= 4 is 23.2 Å². The highest BCUT2D eigenvalue weighted by Crippen LogP contribution is 2.21. The molecule has 0 saturated carbocycles. The first-order chi connectivity index (χ1) is 11.7. The molecule has 2 aromatic heterocycles. The SMILES string of the molecule is O=C(c1ccc2nnc(-c3ccc(Cl)cc3)n2c1)N1CCOCC1. The van der Waals surface area contributed by atoms with Crippen molar-refractivity contribution in [1.82, 2.24) is 19.5 Å². The first-order valence-electron chi connectivity index (χ1n) is 7.70. The molecule has 122 valence electrons. The minimum atomic E-state index is -0.00374. The first kappa shape index (κ1) is 15.1. The Morgan fingerprint density at radius 3 is 2.54 bits per heavy atom. The Morgan fingerprint density at radius 1 is 1.04 bits per heavy atom. The van der Waals surface area contributed by atoms with Crippen LogP contribution in [0.3, 0.4) is 0 Å². The van der Waals surface area contributed by atoms with Crippen molar-refractivity contribution < 1.29 is 9.53 Å². The number of rotatable bonds is 2. The Balaban J connectivity index is 1.72. The van der Waals surface area contributed by atoms with Crippen LogP contribution >= 0.6 is 11.6 Å². The number of pyridine rings is 1. The van der Waals surface area contributed by atoms with Crippen molar-refractivity contribution in [1.29, 1.82) is 0 Å². The summed E-state index contributed by atoms with van der Waals surface area (Å²) in [7, 11) is 0. The fraction of sp³-hybridized carbons (Fsp3) is 0.235. The van der Waals surface area contributed by atoms with E-state index in [0.717, 1.165) is 5.56 Å². The number of hydrogen-bond acceptors (Lipinski definition) is 4. The fourth-order valence-electron chi connectivity index (χ4n) is 2.76. The lowest BCUT2D eigenvalue weighted by Gasteiger charge is -2.26. The van der Waals surface area contributed by atoms with Gasteiger partial charge in [-0.1, -0.05) is 11.6 Å². The summed E-state index contributed by atoms with van der Waals surface area (Å²) in [6, 6.07) is 11.0. The zero-order chi connectivity index (χ0) is 16.5. The number of ether oxygens (including phenoxy) is 1. The van der Waals surface area contributed by atoms with Crippen molar-refractivity contribution in [3.05, 3.63) is 53.2 Å². The van der Waals surface area contributed by atoms with Gasteiger partial charge in [-0.3, -0.25) is 9.20 Å². The lowest BCUT2D eigenvalue weighted by Crippen LogP contribution is -2.40. The molecule has 3 aromatic rings. The molecule has 0 spiro atoms. The summed E-state index contributed by atoms with van der Waals surface area (Å²) in [6.45, 7) is 2.39. The molecule has 24 heavy (non-hydrogen) atoms. The molecule has 7 heteroatoms. The number of nitrogens with zero attached hydrogens (tertiary/aromatic N) is 4. The van der Waals surface area contributed by atoms with Crippen molar-refractivity contribution in [3.8, 4) is 11.4 Å². The molecule has 0 bridgehead atoms. The predicted molar refractivity (Wildman–Crippen MR) is 90.2 cm³/mol. The van der Waals surface area contributed by atoms with E-state index < -0.39 is 0 Å². The number of benzene rings is 1. The zero-order valence-corrected chi connectivity index (χ0v) is 13.6. The molecular weight excluding hydrogens is 328 g/mol. The second kappa shape index (κ2) is 6.22. The van der Waals surface area contributed by atoms with E-state index in [1.165, 1.54) is 0 Å². The molecule has 0 aliphatic carbocycles. The summed E-state index contributed by atoms with van der Waals surface area (Å²) < 4.78 is 7.13. The van der Waals surface area contributed by atoms with E-state index in [4.69, 9.17) is 16.3 Å². The van der Waals surface area contributed by atoms with Crippen LogP contribution in [0.1, 0.15) is 10.4 Å². The maximum atomic E-state index is 12.7. The van der Waals surface area contributed by atoms with Crippen LogP contribution in [0.5, 0.6) is 0 Å². The summed E-state index contributed by atoms with van der Waals surface area (Å²) in [5.74, 6) is 0.675. The quantitative estimate of drug-likeness (QED) is 0.718. The summed E-state index contributed by atoms with van der Waals surface area (Å²) >= 11 is 5.94. The Bertz CT molecular complexity index is 885. The molecule has 1 fully saturated rings. The smallest absolute Gasteiger partial charge is 0.255 e. The van der Waals surface area contributed by atoms with Crippen LogP contribution in [-0.2, 0) is 4.74 Å². The topological polar surface area (TPSA) is 59.7 Å². The zero-order valence-electron chi connectivity index (χ0n) is 12.9. The van der Waals surface area contributed by atoms with E-state index in [9.17, 15) is 4.79 Å². The van der Waals surface area contributed by atoms with E-state index in [0.29, 0.717) is 48.4 Å². The Hall–Kier alpha value is -2.44. The van der Waals surface area contributed by atoms with Crippen molar-refractivity contribution in [2.24, 2.45) is 0 Å². The number of carbonyl (C=O) groups is 1. The van der Waals surface area contributed by atoms with Crippen LogP contribution < -0.4 is 0 Å². The third-order valence-electron chi connectivity index (χ3n) is 4.05. The minimum Gasteiger partial charge on any atom is -0.378 e. The second-order valence-electron chi connectivity index (χ2n) is 5.58. The molecule has 0 unspecified atom stereocenters. The summed E-state index contributed by atoms with van der Waals surface area (Å²) in [4.78, 5) is 14.5. The highest BCUT2D eigenvalue weighted by atomic mass is 35.5. The molecule has 1 aliphatic rings. The van der Waals surface area contributed by atoms with Crippen LogP contribution in [0.25, 0.3) is 17.0 Å². The van der Waals surface area contributed by atoms with Gasteiger partial charge < -0.3 is 9.64 Å². The van der Waals surface area contributed by atoms with Crippen LogP contribution in [0.4, 0.5) is 0 Å². The maximum Gasteiger partial charge on any atom is 0.255 e. The van der Waals surface area contributed by atoms with Gasteiger partial charge in [0.05, 0.1) is 18.8 Å². The standard InChI is InChI=1S/C17H15ClN4O2/c18-14-4-1-12(2-5-14)16-20-19-15-6-3-13(11-22(15)16)17(23)21-7-9-24-10-8-21/h1-6,11H,7-10H2. The molecule has 0 radical (unpaired) electrons. The maximum absolute atomic E-state index is 12.7. The lowest BCUT2D eigenvalue weighted by atomic mass is 10.2. The summed E-state index contributed by atoms with van der Waals surface area (Å²) in [5.41, 5.74) is 2.20. The number of fused-ring (bicyclic) bond motifs is 1. The van der Waals surface area contributed by atoms with Crippen LogP contribution in [0.2, 0.25) is 5.02 Å². The monoisotopic (exact) mass is 342 g/mol. The Morgan fingerprint density at radius 2 is 1.79 bits per heavy atom. The Labute approximate surface area is 143 Å². The van der Waals surface area contributed by atoms with Gasteiger partial charge in [0, 0.05) is 29.9 Å². The van der Waals surface area contributed by atoms with E-state index in [-0.39, 0.29) is 5.91 Å². The Kier molecular flexibility index (Phi) is 3.92. The molecule has 6 nitrogen and oxygen atoms in total. The van der Waals surface area contributed by atoms with Gasteiger partial charge in [0.15, 0.2) is 11.5 Å².